The first-order valence-corrected chi connectivity index (χ1v) is 6.34. The normalized spacial score (nSPS) is 16.4. The summed E-state index contributed by atoms with van der Waals surface area (Å²) in [6, 6.07) is 2.32. The van der Waals surface area contributed by atoms with Crippen molar-refractivity contribution in [3.05, 3.63) is 34.9 Å². The Morgan fingerprint density at radius 2 is 1.76 bits per heavy atom. The zero-order valence-corrected chi connectivity index (χ0v) is 12.0. The second-order valence-corrected chi connectivity index (χ2v) is 5.27. The second kappa shape index (κ2) is 5.38. The van der Waals surface area contributed by atoms with E-state index < -0.39 is 23.0 Å². The van der Waals surface area contributed by atoms with Gasteiger partial charge in [0.05, 0.1) is 5.56 Å². The van der Waals surface area contributed by atoms with E-state index in [0.29, 0.717) is 11.9 Å². The lowest BCUT2D eigenvalue weighted by Gasteiger charge is -2.16. The Balaban J connectivity index is 2.36. The molecule has 0 aliphatic carbocycles. The lowest BCUT2D eigenvalue weighted by atomic mass is 10.0. The summed E-state index contributed by atoms with van der Waals surface area (Å²) in [6.45, 7) is 0. The summed E-state index contributed by atoms with van der Waals surface area (Å²) in [6.07, 6.45) is -4.73. The molecule has 0 aromatic heterocycles. The summed E-state index contributed by atoms with van der Waals surface area (Å²) in [5, 5.41) is 5.19. The van der Waals surface area contributed by atoms with E-state index in [-0.39, 0.29) is 12.0 Å². The molecule has 10 heteroatoms. The van der Waals surface area contributed by atoms with Crippen LogP contribution in [0.4, 0.5) is 22.0 Å². The fraction of sp³-hybridized carbons (Fsp3) is 0.364. The van der Waals surface area contributed by atoms with Gasteiger partial charge in [0.25, 0.3) is 5.66 Å². The first-order valence-electron chi connectivity index (χ1n) is 5.76. The molecule has 0 spiro atoms. The molecule has 21 heavy (non-hydrogen) atoms. The minimum atomic E-state index is -4.69. The first kappa shape index (κ1) is 15.9. The maximum Gasteiger partial charge on any atom is 0.416 e. The van der Waals surface area contributed by atoms with Gasteiger partial charge in [-0.15, -0.1) is 10.2 Å². The maximum atomic E-state index is 13.3. The Kier molecular flexibility index (Phi) is 4.08. The third-order valence-electron chi connectivity index (χ3n) is 2.71. The summed E-state index contributed by atoms with van der Waals surface area (Å²) < 4.78 is 65.0. The lowest BCUT2D eigenvalue weighted by Crippen LogP contribution is -2.38. The summed E-state index contributed by atoms with van der Waals surface area (Å²) in [4.78, 5) is 0. The summed E-state index contributed by atoms with van der Waals surface area (Å²) in [7, 11) is 2.84. The molecule has 0 bridgehead atoms. The molecule has 1 aliphatic heterocycles. The van der Waals surface area contributed by atoms with Crippen LogP contribution in [0, 0.1) is 0 Å². The molecule has 2 rings (SSSR count). The molecule has 4 nitrogen and oxygen atoms in total. The van der Waals surface area contributed by atoms with Gasteiger partial charge in [0.2, 0.25) is 0 Å². The molecule has 0 saturated carbocycles. The van der Waals surface area contributed by atoms with Gasteiger partial charge in [-0.25, -0.2) is 5.53 Å². The highest BCUT2D eigenvalue weighted by molar-refractivity contribution is 7.17. The van der Waals surface area contributed by atoms with E-state index >= 15 is 0 Å². The number of alkyl halides is 5. The molecule has 1 aromatic carbocycles. The predicted molar refractivity (Wildman–Crippen MR) is 70.2 cm³/mol. The Labute approximate surface area is 119 Å². The number of hydrazone groups is 1. The van der Waals surface area contributed by atoms with Crippen molar-refractivity contribution in [3.8, 4) is 0 Å². The van der Waals surface area contributed by atoms with E-state index in [4.69, 9.17) is 0 Å². The molecule has 1 aromatic rings. The molecule has 0 radical (unpaired) electrons. The zero-order chi connectivity index (χ0) is 15.8. The van der Waals surface area contributed by atoms with Crippen LogP contribution in [0.1, 0.15) is 16.7 Å². The minimum absolute atomic E-state index is 0.0327. The lowest BCUT2D eigenvalue weighted by molar-refractivity contribution is -0.137. The topological polar surface area (TPSA) is 39.7 Å². The van der Waals surface area contributed by atoms with Crippen LogP contribution in [-0.2, 0) is 18.3 Å². The molecular formula is C11H12F5N4P. The number of halogens is 5. The van der Waals surface area contributed by atoms with Crippen LogP contribution in [0.25, 0.3) is 0 Å². The highest BCUT2D eigenvalue weighted by atomic mass is 31.0. The fourth-order valence-corrected chi connectivity index (χ4v) is 1.97. The first-order chi connectivity index (χ1) is 9.55. The highest BCUT2D eigenvalue weighted by Gasteiger charge is 2.34. The van der Waals surface area contributed by atoms with Gasteiger partial charge in [0, 0.05) is 19.0 Å². The van der Waals surface area contributed by atoms with Crippen LogP contribution in [-0.4, -0.2) is 18.0 Å². The Bertz CT molecular complexity index is 534. The zero-order valence-electron chi connectivity index (χ0n) is 10.8. The number of rotatable bonds is 3. The van der Waals surface area contributed by atoms with Crippen molar-refractivity contribution >= 4 is 15.1 Å². The van der Waals surface area contributed by atoms with Crippen LogP contribution >= 0.6 is 9.24 Å². The van der Waals surface area contributed by atoms with Gasteiger partial charge < -0.3 is 0 Å². The quantitative estimate of drug-likeness (QED) is 0.662. The monoisotopic (exact) mass is 326 g/mol. The third-order valence-corrected chi connectivity index (χ3v) is 3.04. The van der Waals surface area contributed by atoms with Crippen molar-refractivity contribution in [1.29, 1.82) is 0 Å². The van der Waals surface area contributed by atoms with Gasteiger partial charge in [-0.1, -0.05) is 9.24 Å². The summed E-state index contributed by atoms with van der Waals surface area (Å²) in [5.74, 6) is 0.329. The van der Waals surface area contributed by atoms with Crippen LogP contribution < -0.4 is 11.0 Å². The number of benzene rings is 1. The van der Waals surface area contributed by atoms with Crippen LogP contribution in [0.15, 0.2) is 23.3 Å². The van der Waals surface area contributed by atoms with Crippen LogP contribution in [0.5, 0.6) is 0 Å². The smallest absolute Gasteiger partial charge is 0.286 e. The van der Waals surface area contributed by atoms with Gasteiger partial charge in [-0.05, 0) is 23.8 Å². The van der Waals surface area contributed by atoms with E-state index in [1.165, 1.54) is 14.4 Å². The van der Waals surface area contributed by atoms with E-state index in [0.717, 1.165) is 12.1 Å². The van der Waals surface area contributed by atoms with Crippen molar-refractivity contribution in [3.63, 3.8) is 0 Å². The van der Waals surface area contributed by atoms with Crippen molar-refractivity contribution in [2.75, 3.05) is 7.05 Å². The van der Waals surface area contributed by atoms with Crippen molar-refractivity contribution in [2.24, 2.45) is 5.10 Å². The molecule has 0 amide bonds. The van der Waals surface area contributed by atoms with Crippen molar-refractivity contribution in [1.82, 2.24) is 16.1 Å². The SMILES string of the molecule is CN1NN=C(Cc2cc(C(F)(F)F)cc(C(F)(F)P)c2)N1. The summed E-state index contributed by atoms with van der Waals surface area (Å²) >= 11 is 0. The summed E-state index contributed by atoms with van der Waals surface area (Å²) in [5.41, 5.74) is 0.0611. The van der Waals surface area contributed by atoms with E-state index in [9.17, 15) is 22.0 Å². The molecule has 2 N–H and O–H groups in total. The van der Waals surface area contributed by atoms with Gasteiger partial charge in [0.15, 0.2) is 0 Å². The average molecular weight is 326 g/mol. The number of amidine groups is 1. The Morgan fingerprint density at radius 3 is 2.24 bits per heavy atom. The molecule has 1 atom stereocenters. The number of nitrogens with one attached hydrogen (secondary N) is 2. The van der Waals surface area contributed by atoms with E-state index in [1.54, 1.807) is 7.05 Å². The number of nitrogens with zero attached hydrogens (tertiary/aromatic N) is 2. The Morgan fingerprint density at radius 1 is 1.14 bits per heavy atom. The highest BCUT2D eigenvalue weighted by Crippen LogP contribution is 2.39. The average Bonchev–Trinajstić information content (AvgIpc) is 2.72. The van der Waals surface area contributed by atoms with Gasteiger partial charge in [-0.3, -0.25) is 5.43 Å². The van der Waals surface area contributed by atoms with E-state index in [2.05, 4.69) is 16.1 Å². The van der Waals surface area contributed by atoms with Gasteiger partial charge >= 0.3 is 6.18 Å². The second-order valence-electron chi connectivity index (χ2n) is 4.55. The fourth-order valence-electron chi connectivity index (χ4n) is 1.80. The largest absolute Gasteiger partial charge is 0.416 e. The number of hydrogen-bond acceptors (Lipinski definition) is 4. The third kappa shape index (κ3) is 4.01. The molecule has 0 fully saturated rings. The number of hydrogen-bond donors (Lipinski definition) is 2. The van der Waals surface area contributed by atoms with Gasteiger partial charge in [-0.2, -0.15) is 22.0 Å². The molecule has 1 aliphatic rings. The Hall–Kier alpha value is -1.47. The molecular weight excluding hydrogens is 314 g/mol. The number of hydrazine groups is 2. The van der Waals surface area contributed by atoms with Crippen LogP contribution in [0.3, 0.4) is 0 Å². The molecule has 0 saturated heterocycles. The van der Waals surface area contributed by atoms with E-state index in [1.807, 2.05) is 0 Å². The van der Waals surface area contributed by atoms with Gasteiger partial charge in [0.1, 0.15) is 5.84 Å². The standard InChI is InChI=1S/C11H12F5N4P/c1-20-18-9(17-19-20)4-6-2-7(10(12,13)14)5-8(3-6)11(15,16)21/h2-3,5,19H,4,21H2,1H3,(H,17,18). The molecule has 1 unspecified atom stereocenters. The van der Waals surface area contributed by atoms with Crippen molar-refractivity contribution < 1.29 is 22.0 Å². The maximum absolute atomic E-state index is 13.3. The minimum Gasteiger partial charge on any atom is -0.286 e. The predicted octanol–water partition coefficient (Wildman–Crippen LogP) is 2.44. The molecule has 1 heterocycles. The molecule has 116 valence electrons. The van der Waals surface area contributed by atoms with Crippen molar-refractivity contribution in [2.45, 2.75) is 18.3 Å². The van der Waals surface area contributed by atoms with Crippen LogP contribution in [0.2, 0.25) is 0 Å².